The topological polar surface area (TPSA) is 163 Å². The van der Waals surface area contributed by atoms with Crippen molar-refractivity contribution in [2.24, 2.45) is 10.9 Å². The second-order valence-electron chi connectivity index (χ2n) is 11.6. The lowest BCUT2D eigenvalue weighted by Crippen LogP contribution is -2.55. The molecule has 0 aliphatic carbocycles. The van der Waals surface area contributed by atoms with E-state index in [0.29, 0.717) is 46.2 Å². The van der Waals surface area contributed by atoms with E-state index in [1.807, 2.05) is 0 Å². The van der Waals surface area contributed by atoms with Crippen molar-refractivity contribution < 1.29 is 28.0 Å². The molecule has 1 unspecified atom stereocenters. The Labute approximate surface area is 297 Å². The van der Waals surface area contributed by atoms with Crippen LogP contribution < -0.4 is 10.5 Å². The highest BCUT2D eigenvalue weighted by Gasteiger charge is 2.43. The summed E-state index contributed by atoms with van der Waals surface area (Å²) in [4.78, 5) is 34.3. The first-order valence-electron chi connectivity index (χ1n) is 15.3. The van der Waals surface area contributed by atoms with Crippen molar-refractivity contribution in [2.45, 2.75) is 37.3 Å². The van der Waals surface area contributed by atoms with E-state index in [2.05, 4.69) is 10.1 Å². The Morgan fingerprint density at radius 3 is 2.37 bits per heavy atom. The molecule has 4 aromatic rings. The van der Waals surface area contributed by atoms with Gasteiger partial charge in [0.05, 0.1) is 10.7 Å². The molecule has 4 heterocycles. The van der Waals surface area contributed by atoms with Crippen LogP contribution >= 0.6 is 34.8 Å². The summed E-state index contributed by atoms with van der Waals surface area (Å²) < 4.78 is 37.0. The molecule has 2 aliphatic rings. The molecule has 2 amide bonds. The lowest BCUT2D eigenvalue weighted by Gasteiger charge is -2.37. The molecule has 2 aliphatic heterocycles. The Kier molecular flexibility index (Phi) is 9.96. The van der Waals surface area contributed by atoms with Gasteiger partial charge in [-0.05, 0) is 56.2 Å². The third-order valence-corrected chi connectivity index (χ3v) is 12.0. The number of oxime groups is 1. The Morgan fingerprint density at radius 1 is 1.00 bits per heavy atom. The number of pyridine rings is 1. The first-order chi connectivity index (χ1) is 23.4. The summed E-state index contributed by atoms with van der Waals surface area (Å²) in [6, 6.07) is 11.7. The Morgan fingerprint density at radius 2 is 1.67 bits per heavy atom. The molecule has 0 spiro atoms. The summed E-state index contributed by atoms with van der Waals surface area (Å²) in [5, 5.41) is 12.4. The lowest BCUT2D eigenvalue weighted by molar-refractivity contribution is -0.136. The van der Waals surface area contributed by atoms with Gasteiger partial charge in [0, 0.05) is 60.6 Å². The molecule has 2 aromatic carbocycles. The van der Waals surface area contributed by atoms with Crippen molar-refractivity contribution in [1.29, 1.82) is 0 Å². The molecule has 3 N–H and O–H groups in total. The molecule has 1 atom stereocenters. The third-order valence-electron chi connectivity index (χ3n) is 8.73. The second-order valence-corrected chi connectivity index (χ2v) is 14.6. The van der Waals surface area contributed by atoms with Crippen LogP contribution in [-0.4, -0.2) is 93.5 Å². The maximum Gasteiger partial charge on any atom is 0.253 e. The van der Waals surface area contributed by atoms with E-state index in [9.17, 15) is 18.0 Å². The van der Waals surface area contributed by atoms with Gasteiger partial charge in [-0.2, -0.15) is 4.31 Å². The Bertz CT molecular complexity index is 2070. The number of hydrogen-bond donors (Lipinski definition) is 2. The number of amidine groups is 1. The van der Waals surface area contributed by atoms with Gasteiger partial charge in [0.25, 0.3) is 5.91 Å². The van der Waals surface area contributed by atoms with Crippen molar-refractivity contribution in [3.63, 3.8) is 0 Å². The van der Waals surface area contributed by atoms with Crippen molar-refractivity contribution in [3.8, 4) is 5.75 Å². The van der Waals surface area contributed by atoms with E-state index in [0.717, 1.165) is 0 Å². The number of fused-ring (bicyclic) bond motifs is 1. The minimum atomic E-state index is -4.23. The van der Waals surface area contributed by atoms with E-state index < -0.39 is 16.1 Å². The minimum Gasteiger partial charge on any atom is -0.485 e. The minimum absolute atomic E-state index is 0.0671. The molecule has 2 fully saturated rings. The number of ether oxygens (including phenoxy) is 1. The van der Waals surface area contributed by atoms with Crippen molar-refractivity contribution >= 4 is 68.1 Å². The zero-order valence-electron chi connectivity index (χ0n) is 26.2. The highest BCUT2D eigenvalue weighted by atomic mass is 35.5. The summed E-state index contributed by atoms with van der Waals surface area (Å²) in [7, 11) is -4.23. The molecule has 0 bridgehead atoms. The van der Waals surface area contributed by atoms with Gasteiger partial charge in [-0.3, -0.25) is 14.0 Å². The standard InChI is InChI=1S/C32H32Cl3N7O6S/c1-19-28(35)41-12-3-5-25(30(41)37-19)48-18-22-23(33)10-11-26(27(22)34)49(46,47)42-13-2-4-24(42)32(44)40-16-14-39(15-17-40)31(43)21-8-6-20(7-9-21)29(36)38-45/h3,5-12,24,45H,2,4,13-18H2,1H3,(H2,36,38). The number of nitrogens with two attached hydrogens (primary N) is 1. The van der Waals surface area contributed by atoms with Crippen LogP contribution in [0.2, 0.25) is 15.2 Å². The third kappa shape index (κ3) is 6.63. The van der Waals surface area contributed by atoms with Gasteiger partial charge in [-0.1, -0.05) is 52.1 Å². The Balaban J connectivity index is 1.14. The summed E-state index contributed by atoms with van der Waals surface area (Å²) in [5.74, 6) is -0.212. The SMILES string of the molecule is Cc1nc2c(OCc3c(Cl)ccc(S(=O)(=O)N4CCCC4C(=O)N4CCN(C(=O)c5ccc(/C(N)=N\O)cc5)CC4)c3Cl)cccn2c1Cl. The molecule has 0 saturated carbocycles. The van der Waals surface area contributed by atoms with Crippen molar-refractivity contribution in [3.05, 3.63) is 92.3 Å². The quantitative estimate of drug-likeness (QED) is 0.116. The number of carbonyl (C=O) groups is 2. The number of nitrogens with zero attached hydrogens (tertiary/aromatic N) is 6. The monoisotopic (exact) mass is 747 g/mol. The number of imidazole rings is 1. The van der Waals surface area contributed by atoms with Crippen LogP contribution in [0.1, 0.15) is 40.0 Å². The van der Waals surface area contributed by atoms with Gasteiger partial charge < -0.3 is 25.5 Å². The van der Waals surface area contributed by atoms with Crippen LogP contribution in [0.15, 0.2) is 64.8 Å². The summed E-state index contributed by atoms with van der Waals surface area (Å²) in [5.41, 5.74) is 7.87. The predicted molar refractivity (Wildman–Crippen MR) is 184 cm³/mol. The van der Waals surface area contributed by atoms with Crippen LogP contribution in [-0.2, 0) is 21.4 Å². The van der Waals surface area contributed by atoms with Crippen LogP contribution in [0.4, 0.5) is 0 Å². The number of carbonyl (C=O) groups excluding carboxylic acids is 2. The van der Waals surface area contributed by atoms with E-state index in [1.54, 1.807) is 63.7 Å². The van der Waals surface area contributed by atoms with E-state index in [1.165, 1.54) is 16.4 Å². The van der Waals surface area contributed by atoms with Gasteiger partial charge in [0.15, 0.2) is 17.2 Å². The molecule has 49 heavy (non-hydrogen) atoms. The van der Waals surface area contributed by atoms with E-state index in [-0.39, 0.29) is 77.5 Å². The smallest absolute Gasteiger partial charge is 0.253 e. The van der Waals surface area contributed by atoms with Gasteiger partial charge in [0.2, 0.25) is 15.9 Å². The second kappa shape index (κ2) is 14.0. The number of benzene rings is 2. The number of aromatic nitrogens is 2. The normalized spacial score (nSPS) is 17.6. The van der Waals surface area contributed by atoms with Crippen LogP contribution in [0.3, 0.4) is 0 Å². The zero-order valence-corrected chi connectivity index (χ0v) is 29.3. The maximum absolute atomic E-state index is 14.1. The maximum atomic E-state index is 14.1. The fraction of sp³-hybridized carbons (Fsp3) is 0.312. The van der Waals surface area contributed by atoms with Crippen molar-refractivity contribution in [2.75, 3.05) is 32.7 Å². The number of halogens is 3. The van der Waals surface area contributed by atoms with Gasteiger partial charge in [-0.25, -0.2) is 13.4 Å². The summed E-state index contributed by atoms with van der Waals surface area (Å²) in [6.07, 6.45) is 2.59. The molecule has 0 radical (unpaired) electrons. The van der Waals surface area contributed by atoms with Crippen LogP contribution in [0.25, 0.3) is 5.65 Å². The number of hydrogen-bond acceptors (Lipinski definition) is 8. The number of sulfonamides is 1. The van der Waals surface area contributed by atoms with E-state index >= 15 is 0 Å². The summed E-state index contributed by atoms with van der Waals surface area (Å²) in [6.45, 7) is 2.81. The summed E-state index contributed by atoms with van der Waals surface area (Å²) >= 11 is 19.5. The first kappa shape index (κ1) is 34.8. The Hall–Kier alpha value is -4.08. The molecule has 2 aromatic heterocycles. The predicted octanol–water partition coefficient (Wildman–Crippen LogP) is 4.41. The van der Waals surface area contributed by atoms with Gasteiger partial charge >= 0.3 is 0 Å². The molecule has 258 valence electrons. The molecule has 13 nitrogen and oxygen atoms in total. The molecule has 2 saturated heterocycles. The number of piperazine rings is 1. The number of rotatable bonds is 8. The fourth-order valence-electron chi connectivity index (χ4n) is 6.06. The van der Waals surface area contributed by atoms with Crippen LogP contribution in [0.5, 0.6) is 5.75 Å². The number of aryl methyl sites for hydroxylation is 1. The molecule has 6 rings (SSSR count). The van der Waals surface area contributed by atoms with Crippen molar-refractivity contribution in [1.82, 2.24) is 23.5 Å². The zero-order chi connectivity index (χ0) is 35.0. The highest BCUT2D eigenvalue weighted by molar-refractivity contribution is 7.89. The van der Waals surface area contributed by atoms with Gasteiger partial charge in [-0.15, -0.1) is 0 Å². The molecule has 17 heteroatoms. The molecular formula is C32H32Cl3N7O6S. The fourth-order valence-corrected chi connectivity index (χ4v) is 8.76. The van der Waals surface area contributed by atoms with Gasteiger partial charge in [0.1, 0.15) is 22.7 Å². The number of amides is 2. The van der Waals surface area contributed by atoms with E-state index in [4.69, 9.17) is 50.5 Å². The molecular weight excluding hydrogens is 717 g/mol. The highest BCUT2D eigenvalue weighted by Crippen LogP contribution is 2.37. The largest absolute Gasteiger partial charge is 0.485 e. The average Bonchev–Trinajstić information content (AvgIpc) is 3.72. The van der Waals surface area contributed by atoms with Crippen LogP contribution in [0, 0.1) is 6.92 Å². The lowest BCUT2D eigenvalue weighted by atomic mass is 10.1. The average molecular weight is 749 g/mol. The first-order valence-corrected chi connectivity index (χ1v) is 17.9.